The fourth-order valence-corrected chi connectivity index (χ4v) is 4.73. The highest BCUT2D eigenvalue weighted by Gasteiger charge is 2.47. The molecule has 0 bridgehead atoms. The van der Waals surface area contributed by atoms with E-state index >= 15 is 0 Å². The van der Waals surface area contributed by atoms with Crippen LogP contribution in [0.15, 0.2) is 46.9 Å². The standard InChI is InChI=1S/C22H24BrN3O4/c1-22(2,12-24-21(27)13-3-5-14(23)6-4-13)20-16-9-10-30-19(16)17-11-15(26(28)29)7-8-18(17)25-20/h3-8,11,16,19-20,25H,9-10,12H2,1-2H3,(H,24,27). The maximum Gasteiger partial charge on any atom is 0.269 e. The Hall–Kier alpha value is -2.45. The van der Waals surface area contributed by atoms with Crippen molar-refractivity contribution in [3.05, 3.63) is 68.2 Å². The number of nitro benzene ring substituents is 1. The van der Waals surface area contributed by atoms with Crippen molar-refractivity contribution in [3.63, 3.8) is 0 Å². The van der Waals surface area contributed by atoms with E-state index < -0.39 is 0 Å². The van der Waals surface area contributed by atoms with E-state index in [9.17, 15) is 14.9 Å². The largest absolute Gasteiger partial charge is 0.381 e. The normalized spacial score (nSPS) is 22.6. The molecule has 2 N–H and O–H groups in total. The van der Waals surface area contributed by atoms with E-state index in [-0.39, 0.29) is 40.0 Å². The summed E-state index contributed by atoms with van der Waals surface area (Å²) in [7, 11) is 0. The van der Waals surface area contributed by atoms with Gasteiger partial charge in [-0.05, 0) is 36.8 Å². The lowest BCUT2D eigenvalue weighted by Crippen LogP contribution is -2.51. The Bertz CT molecular complexity index is 977. The highest BCUT2D eigenvalue weighted by atomic mass is 79.9. The Balaban J connectivity index is 1.53. The van der Waals surface area contributed by atoms with Gasteiger partial charge in [0.25, 0.3) is 11.6 Å². The van der Waals surface area contributed by atoms with E-state index in [0.29, 0.717) is 18.7 Å². The summed E-state index contributed by atoms with van der Waals surface area (Å²) in [5, 5.41) is 17.8. The monoisotopic (exact) mass is 473 g/mol. The molecule has 0 aliphatic carbocycles. The van der Waals surface area contributed by atoms with E-state index in [1.807, 2.05) is 12.1 Å². The molecule has 2 aliphatic rings. The van der Waals surface area contributed by atoms with Gasteiger partial charge in [-0.3, -0.25) is 14.9 Å². The summed E-state index contributed by atoms with van der Waals surface area (Å²) in [6, 6.07) is 12.2. The molecule has 1 amide bonds. The fraction of sp³-hybridized carbons (Fsp3) is 0.409. The Morgan fingerprint density at radius 2 is 2.03 bits per heavy atom. The number of benzene rings is 2. The van der Waals surface area contributed by atoms with Gasteiger partial charge in [0.15, 0.2) is 0 Å². The van der Waals surface area contributed by atoms with E-state index in [4.69, 9.17) is 4.74 Å². The average molecular weight is 474 g/mol. The highest BCUT2D eigenvalue weighted by molar-refractivity contribution is 9.10. The molecule has 0 radical (unpaired) electrons. The number of carbonyl (C=O) groups is 1. The van der Waals surface area contributed by atoms with Crippen LogP contribution in [0, 0.1) is 21.4 Å². The molecule has 2 aromatic rings. The molecule has 158 valence electrons. The smallest absolute Gasteiger partial charge is 0.269 e. The first-order chi connectivity index (χ1) is 14.3. The molecule has 7 nitrogen and oxygen atoms in total. The second-order valence-electron chi connectivity index (χ2n) is 8.57. The van der Waals surface area contributed by atoms with Crippen LogP contribution < -0.4 is 10.6 Å². The Labute approximate surface area is 183 Å². The predicted molar refractivity (Wildman–Crippen MR) is 118 cm³/mol. The van der Waals surface area contributed by atoms with Crippen LogP contribution in [-0.4, -0.2) is 30.0 Å². The number of amides is 1. The molecule has 3 atom stereocenters. The molecule has 2 aliphatic heterocycles. The van der Waals surface area contributed by atoms with E-state index in [1.54, 1.807) is 24.3 Å². The van der Waals surface area contributed by atoms with E-state index in [1.165, 1.54) is 6.07 Å². The number of ether oxygens (including phenoxy) is 1. The number of non-ortho nitro benzene ring substituents is 1. The lowest BCUT2D eigenvalue weighted by atomic mass is 9.71. The van der Waals surface area contributed by atoms with Crippen LogP contribution in [0.4, 0.5) is 11.4 Å². The summed E-state index contributed by atoms with van der Waals surface area (Å²) in [4.78, 5) is 23.4. The predicted octanol–water partition coefficient (Wildman–Crippen LogP) is 4.69. The number of hydrogen-bond acceptors (Lipinski definition) is 5. The van der Waals surface area contributed by atoms with Crippen molar-refractivity contribution in [1.29, 1.82) is 0 Å². The maximum atomic E-state index is 12.6. The van der Waals surface area contributed by atoms with Gasteiger partial charge in [0, 0.05) is 63.9 Å². The van der Waals surface area contributed by atoms with Crippen molar-refractivity contribution in [2.75, 3.05) is 18.5 Å². The lowest BCUT2D eigenvalue weighted by molar-refractivity contribution is -0.385. The van der Waals surface area contributed by atoms with Crippen LogP contribution in [0.2, 0.25) is 0 Å². The Morgan fingerprint density at radius 1 is 1.30 bits per heavy atom. The van der Waals surface area contributed by atoms with Gasteiger partial charge in [-0.1, -0.05) is 29.8 Å². The number of carbonyl (C=O) groups excluding carboxylic acids is 1. The van der Waals surface area contributed by atoms with Gasteiger partial charge < -0.3 is 15.4 Å². The minimum absolute atomic E-state index is 0.0594. The Morgan fingerprint density at radius 3 is 2.73 bits per heavy atom. The third kappa shape index (κ3) is 3.94. The summed E-state index contributed by atoms with van der Waals surface area (Å²) in [6.07, 6.45) is 0.696. The quantitative estimate of drug-likeness (QED) is 0.485. The van der Waals surface area contributed by atoms with Crippen molar-refractivity contribution < 1.29 is 14.5 Å². The van der Waals surface area contributed by atoms with E-state index in [0.717, 1.165) is 22.1 Å². The molecule has 0 saturated carbocycles. The molecule has 2 aromatic carbocycles. The number of rotatable bonds is 5. The SMILES string of the molecule is CC(C)(CNC(=O)c1ccc(Br)cc1)C1Nc2ccc([N+](=O)[O-])cc2C2OCCC21. The molecular weight excluding hydrogens is 450 g/mol. The van der Waals surface area contributed by atoms with Gasteiger partial charge in [-0.2, -0.15) is 0 Å². The molecule has 1 fully saturated rings. The lowest BCUT2D eigenvalue weighted by Gasteiger charge is -2.44. The second kappa shape index (κ2) is 8.00. The minimum Gasteiger partial charge on any atom is -0.381 e. The minimum atomic E-state index is -0.377. The summed E-state index contributed by atoms with van der Waals surface area (Å²) >= 11 is 3.38. The first-order valence-electron chi connectivity index (χ1n) is 9.96. The van der Waals surface area contributed by atoms with Crippen LogP contribution in [-0.2, 0) is 4.74 Å². The third-order valence-electron chi connectivity index (χ3n) is 6.08. The fourth-order valence-electron chi connectivity index (χ4n) is 4.47. The van der Waals surface area contributed by atoms with Crippen molar-refractivity contribution in [1.82, 2.24) is 5.32 Å². The third-order valence-corrected chi connectivity index (χ3v) is 6.61. The van der Waals surface area contributed by atoms with Crippen LogP contribution in [0.25, 0.3) is 0 Å². The van der Waals surface area contributed by atoms with Gasteiger partial charge in [0.2, 0.25) is 0 Å². The van der Waals surface area contributed by atoms with Gasteiger partial charge in [-0.25, -0.2) is 0 Å². The summed E-state index contributed by atoms with van der Waals surface area (Å²) in [5.41, 5.74) is 2.13. The number of hydrogen-bond donors (Lipinski definition) is 2. The van der Waals surface area contributed by atoms with Crippen LogP contribution in [0.5, 0.6) is 0 Å². The van der Waals surface area contributed by atoms with Crippen molar-refractivity contribution in [2.24, 2.45) is 11.3 Å². The maximum absolute atomic E-state index is 12.6. The van der Waals surface area contributed by atoms with Gasteiger partial charge in [-0.15, -0.1) is 0 Å². The summed E-state index contributed by atoms with van der Waals surface area (Å²) < 4.78 is 6.92. The van der Waals surface area contributed by atoms with Crippen molar-refractivity contribution >= 4 is 33.2 Å². The van der Waals surface area contributed by atoms with Crippen molar-refractivity contribution in [2.45, 2.75) is 32.4 Å². The first kappa shape index (κ1) is 20.8. The molecular formula is C22H24BrN3O4. The molecule has 0 aromatic heterocycles. The van der Waals surface area contributed by atoms with Gasteiger partial charge in [0.1, 0.15) is 0 Å². The zero-order valence-corrected chi connectivity index (χ0v) is 18.4. The summed E-state index contributed by atoms with van der Waals surface area (Å²) in [5.74, 6) is 0.0701. The molecule has 30 heavy (non-hydrogen) atoms. The van der Waals surface area contributed by atoms with Crippen LogP contribution in [0.3, 0.4) is 0 Å². The number of nitrogens with one attached hydrogen (secondary N) is 2. The number of fused-ring (bicyclic) bond motifs is 3. The number of nitrogens with zero attached hydrogens (tertiary/aromatic N) is 1. The number of nitro groups is 1. The number of anilines is 1. The molecule has 1 saturated heterocycles. The average Bonchev–Trinajstić information content (AvgIpc) is 3.21. The summed E-state index contributed by atoms with van der Waals surface area (Å²) in [6.45, 7) is 5.36. The Kier molecular flexibility index (Phi) is 5.55. The number of halogens is 1. The van der Waals surface area contributed by atoms with E-state index in [2.05, 4.69) is 40.4 Å². The molecule has 4 rings (SSSR count). The zero-order chi connectivity index (χ0) is 21.5. The van der Waals surface area contributed by atoms with Gasteiger partial charge in [0.05, 0.1) is 11.0 Å². The zero-order valence-electron chi connectivity index (χ0n) is 16.9. The molecule has 0 spiro atoms. The molecule has 8 heteroatoms. The van der Waals surface area contributed by atoms with Gasteiger partial charge >= 0.3 is 0 Å². The first-order valence-corrected chi connectivity index (χ1v) is 10.8. The van der Waals surface area contributed by atoms with Crippen molar-refractivity contribution in [3.8, 4) is 0 Å². The topological polar surface area (TPSA) is 93.5 Å². The molecule has 2 heterocycles. The highest BCUT2D eigenvalue weighted by Crippen LogP contribution is 2.49. The van der Waals surface area contributed by atoms with Crippen LogP contribution in [0.1, 0.15) is 42.3 Å². The molecule has 3 unspecified atom stereocenters. The second-order valence-corrected chi connectivity index (χ2v) is 9.49. The van der Waals surface area contributed by atoms with Crippen LogP contribution >= 0.6 is 15.9 Å².